The average molecular weight is 321 g/mol. The number of benzene rings is 1. The number of hydrogen-bond acceptors (Lipinski definition) is 2. The molecule has 4 heteroatoms. The summed E-state index contributed by atoms with van der Waals surface area (Å²) in [7, 11) is 0. The Balaban J connectivity index is 1.31. The van der Waals surface area contributed by atoms with Gasteiger partial charge >= 0.3 is 0 Å². The highest BCUT2D eigenvalue weighted by atomic mass is 35.5. The Bertz CT molecular complexity index is 490. The number of halogens is 1. The molecular formula is C18H25ClN2O. The van der Waals surface area contributed by atoms with Gasteiger partial charge < -0.3 is 10.2 Å². The molecule has 1 amide bonds. The van der Waals surface area contributed by atoms with Crippen LogP contribution in [0.1, 0.15) is 37.7 Å². The standard InChI is InChI=1S/C18H25ClN2O/c19-16-3-1-14(2-4-16)7-10-20-18(22)13-15-8-11-21(12-9-15)17-5-6-17/h1-4,15,17H,5-13H2,(H,20,22). The molecule has 0 atom stereocenters. The van der Waals surface area contributed by atoms with E-state index in [1.165, 1.54) is 44.3 Å². The topological polar surface area (TPSA) is 32.3 Å². The van der Waals surface area contributed by atoms with E-state index in [-0.39, 0.29) is 5.91 Å². The largest absolute Gasteiger partial charge is 0.356 e. The molecule has 2 aliphatic rings. The fourth-order valence-electron chi connectivity index (χ4n) is 3.29. The Hall–Kier alpha value is -1.06. The summed E-state index contributed by atoms with van der Waals surface area (Å²) in [6, 6.07) is 8.69. The molecule has 1 aliphatic carbocycles. The van der Waals surface area contributed by atoms with Crippen molar-refractivity contribution in [2.75, 3.05) is 19.6 Å². The summed E-state index contributed by atoms with van der Waals surface area (Å²) in [5.41, 5.74) is 1.21. The van der Waals surface area contributed by atoms with Gasteiger partial charge in [-0.3, -0.25) is 4.79 Å². The molecule has 120 valence electrons. The Morgan fingerprint density at radius 1 is 1.14 bits per heavy atom. The second-order valence-electron chi connectivity index (χ2n) is 6.64. The smallest absolute Gasteiger partial charge is 0.220 e. The van der Waals surface area contributed by atoms with Crippen LogP contribution >= 0.6 is 11.6 Å². The van der Waals surface area contributed by atoms with E-state index in [0.29, 0.717) is 18.9 Å². The first kappa shape index (κ1) is 15.8. The second-order valence-corrected chi connectivity index (χ2v) is 7.08. The van der Waals surface area contributed by atoms with Crippen molar-refractivity contribution in [3.8, 4) is 0 Å². The third-order valence-electron chi connectivity index (χ3n) is 4.84. The molecule has 0 radical (unpaired) electrons. The van der Waals surface area contributed by atoms with Gasteiger partial charge in [0.25, 0.3) is 0 Å². The zero-order valence-corrected chi connectivity index (χ0v) is 13.8. The molecule has 1 heterocycles. The van der Waals surface area contributed by atoms with Gasteiger partial charge in [-0.05, 0) is 68.8 Å². The van der Waals surface area contributed by atoms with Gasteiger partial charge in [-0.1, -0.05) is 23.7 Å². The Morgan fingerprint density at radius 2 is 1.82 bits per heavy atom. The van der Waals surface area contributed by atoms with Crippen LogP contribution < -0.4 is 5.32 Å². The first-order valence-electron chi connectivity index (χ1n) is 8.46. The van der Waals surface area contributed by atoms with Gasteiger partial charge in [-0.15, -0.1) is 0 Å². The molecule has 0 unspecified atom stereocenters. The van der Waals surface area contributed by atoms with Crippen molar-refractivity contribution < 1.29 is 4.79 Å². The van der Waals surface area contributed by atoms with Crippen LogP contribution in [-0.4, -0.2) is 36.5 Å². The average Bonchev–Trinajstić information content (AvgIpc) is 3.35. The molecule has 1 saturated heterocycles. The van der Waals surface area contributed by atoms with E-state index in [0.717, 1.165) is 17.5 Å². The van der Waals surface area contributed by atoms with Gasteiger partial charge in [0.05, 0.1) is 0 Å². The maximum atomic E-state index is 12.0. The van der Waals surface area contributed by atoms with Gasteiger partial charge in [-0.25, -0.2) is 0 Å². The van der Waals surface area contributed by atoms with Crippen molar-refractivity contribution in [2.45, 2.75) is 44.6 Å². The molecule has 0 aromatic heterocycles. The van der Waals surface area contributed by atoms with Crippen LogP contribution in [0.25, 0.3) is 0 Å². The molecule has 1 aliphatic heterocycles. The predicted molar refractivity (Wildman–Crippen MR) is 90.1 cm³/mol. The van der Waals surface area contributed by atoms with Crippen molar-refractivity contribution in [1.82, 2.24) is 10.2 Å². The number of rotatable bonds is 6. The van der Waals surface area contributed by atoms with Crippen molar-refractivity contribution >= 4 is 17.5 Å². The van der Waals surface area contributed by atoms with Crippen LogP contribution in [0, 0.1) is 5.92 Å². The Kier molecular flexibility index (Phi) is 5.37. The van der Waals surface area contributed by atoms with Crippen LogP contribution in [0.15, 0.2) is 24.3 Å². The molecule has 1 N–H and O–H groups in total. The quantitative estimate of drug-likeness (QED) is 0.872. The molecule has 1 saturated carbocycles. The number of likely N-dealkylation sites (tertiary alicyclic amines) is 1. The van der Waals surface area contributed by atoms with Crippen molar-refractivity contribution in [3.05, 3.63) is 34.9 Å². The van der Waals surface area contributed by atoms with Crippen LogP contribution in [0.2, 0.25) is 5.02 Å². The second kappa shape index (κ2) is 7.47. The van der Waals surface area contributed by atoms with Crippen molar-refractivity contribution in [1.29, 1.82) is 0 Å². The highest BCUT2D eigenvalue weighted by molar-refractivity contribution is 6.30. The van der Waals surface area contributed by atoms with E-state index in [1.54, 1.807) is 0 Å². The molecule has 0 bridgehead atoms. The van der Waals surface area contributed by atoms with Crippen LogP contribution in [0.3, 0.4) is 0 Å². The lowest BCUT2D eigenvalue weighted by Gasteiger charge is -2.31. The number of nitrogens with one attached hydrogen (secondary N) is 1. The molecule has 1 aromatic carbocycles. The number of piperidine rings is 1. The van der Waals surface area contributed by atoms with Gasteiger partial charge in [0.1, 0.15) is 0 Å². The molecule has 22 heavy (non-hydrogen) atoms. The zero-order chi connectivity index (χ0) is 15.4. The molecule has 3 nitrogen and oxygen atoms in total. The van der Waals surface area contributed by atoms with Crippen molar-refractivity contribution in [3.63, 3.8) is 0 Å². The minimum absolute atomic E-state index is 0.207. The van der Waals surface area contributed by atoms with E-state index in [1.807, 2.05) is 24.3 Å². The number of amides is 1. The van der Waals surface area contributed by atoms with Gasteiger partial charge in [0.2, 0.25) is 5.91 Å². The number of carbonyl (C=O) groups is 1. The summed E-state index contributed by atoms with van der Waals surface area (Å²) in [4.78, 5) is 14.6. The van der Waals surface area contributed by atoms with E-state index in [2.05, 4.69) is 10.2 Å². The van der Waals surface area contributed by atoms with Gasteiger partial charge in [-0.2, -0.15) is 0 Å². The Morgan fingerprint density at radius 3 is 2.45 bits per heavy atom. The zero-order valence-electron chi connectivity index (χ0n) is 13.1. The Labute approximate surface area is 138 Å². The highest BCUT2D eigenvalue weighted by Gasteiger charge is 2.32. The van der Waals surface area contributed by atoms with E-state index in [9.17, 15) is 4.79 Å². The molecule has 3 rings (SSSR count). The van der Waals surface area contributed by atoms with E-state index >= 15 is 0 Å². The maximum Gasteiger partial charge on any atom is 0.220 e. The summed E-state index contributed by atoms with van der Waals surface area (Å²) < 4.78 is 0. The number of nitrogens with zero attached hydrogens (tertiary/aromatic N) is 1. The molecule has 2 fully saturated rings. The minimum atomic E-state index is 0.207. The predicted octanol–water partition coefficient (Wildman–Crippen LogP) is 3.26. The number of hydrogen-bond donors (Lipinski definition) is 1. The fourth-order valence-corrected chi connectivity index (χ4v) is 3.42. The lowest BCUT2D eigenvalue weighted by molar-refractivity contribution is -0.122. The summed E-state index contributed by atoms with van der Waals surface area (Å²) >= 11 is 5.87. The SMILES string of the molecule is O=C(CC1CCN(C2CC2)CC1)NCCc1ccc(Cl)cc1. The van der Waals surface area contributed by atoms with Crippen LogP contribution in [-0.2, 0) is 11.2 Å². The summed E-state index contributed by atoms with van der Waals surface area (Å²) in [6.45, 7) is 3.09. The highest BCUT2D eigenvalue weighted by Crippen LogP contribution is 2.31. The fraction of sp³-hybridized carbons (Fsp3) is 0.611. The molecule has 0 spiro atoms. The third kappa shape index (κ3) is 4.72. The summed E-state index contributed by atoms with van der Waals surface area (Å²) in [5, 5.41) is 3.81. The maximum absolute atomic E-state index is 12.0. The van der Waals surface area contributed by atoms with E-state index < -0.39 is 0 Å². The normalized spacial score (nSPS) is 20.0. The first-order chi connectivity index (χ1) is 10.7. The lowest BCUT2D eigenvalue weighted by atomic mass is 9.93. The third-order valence-corrected chi connectivity index (χ3v) is 5.09. The molecular weight excluding hydrogens is 296 g/mol. The van der Waals surface area contributed by atoms with E-state index in [4.69, 9.17) is 11.6 Å². The summed E-state index contributed by atoms with van der Waals surface area (Å²) in [6.07, 6.45) is 6.69. The van der Waals surface area contributed by atoms with Gasteiger partial charge in [0, 0.05) is 24.0 Å². The lowest BCUT2D eigenvalue weighted by Crippen LogP contribution is -2.37. The molecule has 1 aromatic rings. The van der Waals surface area contributed by atoms with Crippen LogP contribution in [0.4, 0.5) is 0 Å². The van der Waals surface area contributed by atoms with Crippen molar-refractivity contribution in [2.24, 2.45) is 5.92 Å². The first-order valence-corrected chi connectivity index (χ1v) is 8.83. The van der Waals surface area contributed by atoms with Gasteiger partial charge in [0.15, 0.2) is 0 Å². The number of carbonyl (C=O) groups excluding carboxylic acids is 1. The summed E-state index contributed by atoms with van der Waals surface area (Å²) in [5.74, 6) is 0.782. The van der Waals surface area contributed by atoms with Crippen LogP contribution in [0.5, 0.6) is 0 Å². The monoisotopic (exact) mass is 320 g/mol. The minimum Gasteiger partial charge on any atom is -0.356 e.